The van der Waals surface area contributed by atoms with E-state index in [4.69, 9.17) is 0 Å². The monoisotopic (exact) mass is 364 g/mol. The molecule has 1 fully saturated rings. The van der Waals surface area contributed by atoms with Gasteiger partial charge in [-0.05, 0) is 29.9 Å². The maximum Gasteiger partial charge on any atom is 0.330 e. The summed E-state index contributed by atoms with van der Waals surface area (Å²) >= 11 is 1.53. The van der Waals surface area contributed by atoms with Gasteiger partial charge in [-0.15, -0.1) is 0 Å². The van der Waals surface area contributed by atoms with Gasteiger partial charge in [-0.3, -0.25) is 9.59 Å². The molecule has 2 N–H and O–H groups in total. The normalized spacial score (nSPS) is 19.7. The molecule has 0 saturated carbocycles. The molecule has 1 saturated heterocycles. The number of rotatable bonds is 6. The van der Waals surface area contributed by atoms with Crippen LogP contribution in [0.25, 0.3) is 0 Å². The molecule has 2 amide bonds. The minimum atomic E-state index is -1.18. The average molecular weight is 364 g/mol. The number of hydrogen-bond acceptors (Lipinski definition) is 4. The zero-order chi connectivity index (χ0) is 18.6. The molecule has 136 valence electrons. The quantitative estimate of drug-likeness (QED) is 0.806. The Morgan fingerprint density at radius 2 is 1.92 bits per heavy atom. The van der Waals surface area contributed by atoms with Crippen molar-refractivity contribution in [1.29, 1.82) is 0 Å². The van der Waals surface area contributed by atoms with Crippen LogP contribution in [-0.2, 0) is 16.1 Å². The number of hydrogen-bond donors (Lipinski definition) is 2. The minimum Gasteiger partial charge on any atom is -0.479 e. The van der Waals surface area contributed by atoms with E-state index in [-0.39, 0.29) is 17.7 Å². The first kappa shape index (κ1) is 19.3. The van der Waals surface area contributed by atoms with E-state index in [0.717, 1.165) is 11.3 Å². The van der Waals surface area contributed by atoms with E-state index in [0.29, 0.717) is 24.3 Å². The van der Waals surface area contributed by atoms with E-state index in [2.05, 4.69) is 5.32 Å². The summed E-state index contributed by atoms with van der Waals surface area (Å²) in [6, 6.07) is 6.90. The van der Waals surface area contributed by atoms with Crippen LogP contribution < -0.4 is 5.32 Å². The first-order valence-electron chi connectivity index (χ1n) is 8.23. The highest BCUT2D eigenvalue weighted by Gasteiger charge is 2.43. The Hall–Kier alpha value is -2.02. The predicted molar refractivity (Wildman–Crippen MR) is 97.5 cm³/mol. The first-order valence-corrected chi connectivity index (χ1v) is 9.38. The second kappa shape index (κ2) is 7.91. The molecule has 0 aliphatic carbocycles. The standard InChI is InChI=1S/C18H24N2O4S/c1-12(2)16(22)20(3)10-13-4-6-14(7-5-13)15(21)19-18(17(23)24)8-9-25-11-18/h4-7,12H,8-11H2,1-3H3,(H,19,21)(H,23,24). The SMILES string of the molecule is CC(C)C(=O)N(C)Cc1ccc(C(=O)NC2(C(=O)O)CCSC2)cc1. The van der Waals surface area contributed by atoms with E-state index in [9.17, 15) is 19.5 Å². The van der Waals surface area contributed by atoms with Crippen LogP contribution in [0.1, 0.15) is 36.2 Å². The Labute approximate surface area is 152 Å². The Balaban J connectivity index is 2.03. The molecule has 1 atom stereocenters. The molecule has 6 nitrogen and oxygen atoms in total. The molecule has 1 aliphatic heterocycles. The highest BCUT2D eigenvalue weighted by atomic mass is 32.2. The summed E-state index contributed by atoms with van der Waals surface area (Å²) in [5.74, 6) is -0.273. The lowest BCUT2D eigenvalue weighted by Crippen LogP contribution is -2.54. The third kappa shape index (κ3) is 4.54. The minimum absolute atomic E-state index is 0.0592. The van der Waals surface area contributed by atoms with Crippen molar-refractivity contribution in [3.05, 3.63) is 35.4 Å². The van der Waals surface area contributed by atoms with Crippen molar-refractivity contribution in [2.75, 3.05) is 18.6 Å². The van der Waals surface area contributed by atoms with Gasteiger partial charge >= 0.3 is 5.97 Å². The number of carbonyl (C=O) groups is 3. The van der Waals surface area contributed by atoms with Crippen LogP contribution in [-0.4, -0.2) is 51.9 Å². The lowest BCUT2D eigenvalue weighted by molar-refractivity contribution is -0.143. The predicted octanol–water partition coefficient (Wildman–Crippen LogP) is 1.99. The highest BCUT2D eigenvalue weighted by Crippen LogP contribution is 2.28. The van der Waals surface area contributed by atoms with Crippen LogP contribution in [0.3, 0.4) is 0 Å². The molecule has 0 radical (unpaired) electrons. The third-order valence-electron chi connectivity index (χ3n) is 4.29. The van der Waals surface area contributed by atoms with Gasteiger partial charge in [0.1, 0.15) is 5.54 Å². The molecular weight excluding hydrogens is 340 g/mol. The largest absolute Gasteiger partial charge is 0.479 e. The van der Waals surface area contributed by atoms with Crippen molar-refractivity contribution in [2.45, 2.75) is 32.4 Å². The fraction of sp³-hybridized carbons (Fsp3) is 0.500. The molecule has 0 aromatic heterocycles. The Morgan fingerprint density at radius 1 is 1.28 bits per heavy atom. The van der Waals surface area contributed by atoms with Gasteiger partial charge in [0.05, 0.1) is 0 Å². The Kier molecular flexibility index (Phi) is 6.11. The summed E-state index contributed by atoms with van der Waals surface area (Å²) in [6.45, 7) is 4.17. The number of nitrogens with zero attached hydrogens (tertiary/aromatic N) is 1. The van der Waals surface area contributed by atoms with Crippen LogP contribution in [0.2, 0.25) is 0 Å². The van der Waals surface area contributed by atoms with Gasteiger partial charge in [0.25, 0.3) is 5.91 Å². The van der Waals surface area contributed by atoms with Gasteiger partial charge in [0.2, 0.25) is 5.91 Å². The van der Waals surface area contributed by atoms with E-state index in [1.54, 1.807) is 36.2 Å². The van der Waals surface area contributed by atoms with Gasteiger partial charge in [-0.2, -0.15) is 11.8 Å². The fourth-order valence-corrected chi connectivity index (χ4v) is 4.05. The fourth-order valence-electron chi connectivity index (χ4n) is 2.73. The molecule has 25 heavy (non-hydrogen) atoms. The van der Waals surface area contributed by atoms with Crippen molar-refractivity contribution in [2.24, 2.45) is 5.92 Å². The summed E-state index contributed by atoms with van der Waals surface area (Å²) in [4.78, 5) is 37.5. The van der Waals surface area contributed by atoms with Gasteiger partial charge < -0.3 is 15.3 Å². The highest BCUT2D eigenvalue weighted by molar-refractivity contribution is 7.99. The van der Waals surface area contributed by atoms with Crippen LogP contribution in [0.5, 0.6) is 0 Å². The van der Waals surface area contributed by atoms with E-state index >= 15 is 0 Å². The number of nitrogens with one attached hydrogen (secondary N) is 1. The molecule has 1 aromatic carbocycles. The molecular formula is C18H24N2O4S. The van der Waals surface area contributed by atoms with Crippen LogP contribution in [0, 0.1) is 5.92 Å². The zero-order valence-corrected chi connectivity index (χ0v) is 15.6. The molecule has 1 aromatic rings. The lowest BCUT2D eigenvalue weighted by Gasteiger charge is -2.24. The number of carboxylic acids is 1. The number of carbonyl (C=O) groups excluding carboxylic acids is 2. The van der Waals surface area contributed by atoms with Crippen molar-refractivity contribution in [3.8, 4) is 0 Å². The number of aliphatic carboxylic acids is 1. The first-order chi connectivity index (χ1) is 11.7. The number of carboxylic acid groups (broad SMARTS) is 1. The van der Waals surface area contributed by atoms with Gasteiger partial charge in [0, 0.05) is 30.8 Å². The number of amides is 2. The summed E-state index contributed by atoms with van der Waals surface area (Å²) in [5.41, 5.74) is 0.154. The maximum absolute atomic E-state index is 12.4. The lowest BCUT2D eigenvalue weighted by atomic mass is 9.98. The van der Waals surface area contributed by atoms with Crippen LogP contribution >= 0.6 is 11.8 Å². The van der Waals surface area contributed by atoms with Crippen molar-refractivity contribution >= 4 is 29.5 Å². The maximum atomic E-state index is 12.4. The molecule has 2 rings (SSSR count). The third-order valence-corrected chi connectivity index (χ3v) is 5.48. The number of thioether (sulfide) groups is 1. The Bertz CT molecular complexity index is 652. The van der Waals surface area contributed by atoms with Gasteiger partial charge in [-0.1, -0.05) is 26.0 Å². The summed E-state index contributed by atoms with van der Waals surface area (Å²) in [6.07, 6.45) is 0.429. The second-order valence-electron chi connectivity index (χ2n) is 6.69. The Morgan fingerprint density at radius 3 is 2.40 bits per heavy atom. The molecule has 0 spiro atoms. The van der Waals surface area contributed by atoms with E-state index < -0.39 is 11.5 Å². The van der Waals surface area contributed by atoms with Crippen LogP contribution in [0.15, 0.2) is 24.3 Å². The van der Waals surface area contributed by atoms with Crippen LogP contribution in [0.4, 0.5) is 0 Å². The molecule has 1 unspecified atom stereocenters. The summed E-state index contributed by atoms with van der Waals surface area (Å²) in [5, 5.41) is 12.1. The van der Waals surface area contributed by atoms with E-state index in [1.807, 2.05) is 13.8 Å². The van der Waals surface area contributed by atoms with Crippen molar-refractivity contribution in [3.63, 3.8) is 0 Å². The zero-order valence-electron chi connectivity index (χ0n) is 14.7. The van der Waals surface area contributed by atoms with E-state index in [1.165, 1.54) is 11.8 Å². The average Bonchev–Trinajstić information content (AvgIpc) is 3.04. The smallest absolute Gasteiger partial charge is 0.330 e. The van der Waals surface area contributed by atoms with Crippen molar-refractivity contribution in [1.82, 2.24) is 10.2 Å². The summed E-state index contributed by atoms with van der Waals surface area (Å²) < 4.78 is 0. The number of benzene rings is 1. The molecule has 7 heteroatoms. The van der Waals surface area contributed by atoms with Crippen molar-refractivity contribution < 1.29 is 19.5 Å². The molecule has 1 aliphatic rings. The van der Waals surface area contributed by atoms with Gasteiger partial charge in [0.15, 0.2) is 0 Å². The topological polar surface area (TPSA) is 86.7 Å². The molecule has 1 heterocycles. The van der Waals surface area contributed by atoms with Gasteiger partial charge in [-0.25, -0.2) is 4.79 Å². The molecule has 0 bridgehead atoms. The summed E-state index contributed by atoms with van der Waals surface area (Å²) in [7, 11) is 1.75. The second-order valence-corrected chi connectivity index (χ2v) is 7.80.